The molecule has 41 heavy (non-hydrogen) atoms. The van der Waals surface area contributed by atoms with Crippen LogP contribution in [0.15, 0.2) is 53.6 Å². The second-order valence-electron chi connectivity index (χ2n) is 9.87. The average Bonchev–Trinajstić information content (AvgIpc) is 3.29. The number of halogens is 1. The third-order valence-corrected chi connectivity index (χ3v) is 7.42. The molecule has 0 atom stereocenters. The monoisotopic (exact) mass is 562 g/mol. The van der Waals surface area contributed by atoms with Crippen LogP contribution in [-0.4, -0.2) is 44.7 Å². The lowest BCUT2D eigenvalue weighted by Gasteiger charge is -2.27. The number of hydrogen-bond acceptors (Lipinski definition) is 8. The molecule has 0 unspecified atom stereocenters. The van der Waals surface area contributed by atoms with Crippen LogP contribution in [0.4, 0.5) is 10.2 Å². The molecule has 0 bridgehead atoms. The van der Waals surface area contributed by atoms with E-state index in [4.69, 9.17) is 15.2 Å². The van der Waals surface area contributed by atoms with E-state index in [2.05, 4.69) is 15.3 Å². The zero-order chi connectivity index (χ0) is 29.1. The molecule has 1 aliphatic rings. The van der Waals surface area contributed by atoms with Gasteiger partial charge in [-0.2, -0.15) is 0 Å². The minimum absolute atomic E-state index is 0.0928. The predicted molar refractivity (Wildman–Crippen MR) is 149 cm³/mol. The van der Waals surface area contributed by atoms with E-state index < -0.39 is 11.7 Å². The van der Waals surface area contributed by atoms with Gasteiger partial charge in [0.25, 0.3) is 5.91 Å². The summed E-state index contributed by atoms with van der Waals surface area (Å²) in [6.07, 6.45) is 3.82. The molecule has 12 heteroatoms. The smallest absolute Gasteiger partial charge is 0.335 e. The van der Waals surface area contributed by atoms with Gasteiger partial charge in [-0.1, -0.05) is 12.1 Å². The summed E-state index contributed by atoms with van der Waals surface area (Å²) in [5.41, 5.74) is 8.18. The molecule has 0 saturated heterocycles. The minimum atomic E-state index is -0.541. The van der Waals surface area contributed by atoms with Crippen molar-refractivity contribution in [3.05, 3.63) is 76.2 Å². The van der Waals surface area contributed by atoms with Crippen molar-refractivity contribution in [3.63, 3.8) is 0 Å². The number of benzene rings is 2. The molecule has 0 aliphatic heterocycles. The molecular weight excluding hydrogens is 531 g/mol. The second-order valence-corrected chi connectivity index (χ2v) is 9.87. The first-order valence-corrected chi connectivity index (χ1v) is 13.4. The topological polar surface area (TPSA) is 143 Å². The lowest BCUT2D eigenvalue weighted by Crippen LogP contribution is -2.31. The Morgan fingerprint density at radius 3 is 2.51 bits per heavy atom. The summed E-state index contributed by atoms with van der Waals surface area (Å²) < 4.78 is 27.2. The van der Waals surface area contributed by atoms with Crippen molar-refractivity contribution in [2.75, 3.05) is 19.5 Å². The number of nitrogen functional groups attached to an aromatic ring is 1. The van der Waals surface area contributed by atoms with Crippen LogP contribution in [0.1, 0.15) is 54.6 Å². The van der Waals surface area contributed by atoms with Crippen LogP contribution < -0.4 is 21.5 Å². The van der Waals surface area contributed by atoms with Gasteiger partial charge in [-0.25, -0.2) is 19.2 Å². The minimum Gasteiger partial charge on any atom is -0.496 e. The van der Waals surface area contributed by atoms with E-state index in [1.807, 2.05) is 0 Å². The van der Waals surface area contributed by atoms with Crippen LogP contribution in [0, 0.1) is 11.7 Å². The molecule has 3 N–H and O–H groups in total. The fourth-order valence-corrected chi connectivity index (χ4v) is 5.36. The van der Waals surface area contributed by atoms with E-state index in [1.165, 1.54) is 30.1 Å². The number of hydrogen-bond donors (Lipinski definition) is 2. The van der Waals surface area contributed by atoms with Gasteiger partial charge in [-0.3, -0.25) is 18.7 Å². The van der Waals surface area contributed by atoms with Gasteiger partial charge in [0, 0.05) is 12.6 Å². The number of imidazole rings is 1. The van der Waals surface area contributed by atoms with Crippen LogP contribution in [0.25, 0.3) is 16.9 Å². The zero-order valence-corrected chi connectivity index (χ0v) is 22.8. The van der Waals surface area contributed by atoms with Gasteiger partial charge in [0.1, 0.15) is 23.4 Å². The fraction of sp³-hybridized carbons (Fsp3) is 0.345. The van der Waals surface area contributed by atoms with Crippen molar-refractivity contribution in [3.8, 4) is 11.4 Å². The summed E-state index contributed by atoms with van der Waals surface area (Å²) in [7, 11) is 1.41. The Morgan fingerprint density at radius 2 is 1.83 bits per heavy atom. The maximum absolute atomic E-state index is 13.8. The van der Waals surface area contributed by atoms with Gasteiger partial charge in [-0.05, 0) is 68.5 Å². The van der Waals surface area contributed by atoms with Gasteiger partial charge >= 0.3 is 11.7 Å². The summed E-state index contributed by atoms with van der Waals surface area (Å²) in [5, 5.41) is 2.76. The second kappa shape index (κ2) is 11.8. The quantitative estimate of drug-likeness (QED) is 0.311. The normalized spacial score (nSPS) is 16.9. The van der Waals surface area contributed by atoms with Crippen molar-refractivity contribution in [1.82, 2.24) is 24.4 Å². The van der Waals surface area contributed by atoms with Crippen molar-refractivity contribution >= 4 is 28.9 Å². The van der Waals surface area contributed by atoms with Crippen LogP contribution in [0.2, 0.25) is 0 Å². The molecule has 0 radical (unpaired) electrons. The number of methoxy groups -OCH3 is 1. The molecule has 1 saturated carbocycles. The van der Waals surface area contributed by atoms with E-state index >= 15 is 0 Å². The molecule has 214 valence electrons. The Labute approximate surface area is 235 Å². The maximum Gasteiger partial charge on any atom is 0.335 e. The zero-order valence-electron chi connectivity index (χ0n) is 22.8. The van der Waals surface area contributed by atoms with Crippen molar-refractivity contribution in [1.29, 1.82) is 0 Å². The number of esters is 1. The average molecular weight is 563 g/mol. The number of rotatable bonds is 8. The van der Waals surface area contributed by atoms with Crippen molar-refractivity contribution in [2.24, 2.45) is 5.92 Å². The molecular formula is C29H31FN6O5. The maximum atomic E-state index is 13.8. The summed E-state index contributed by atoms with van der Waals surface area (Å²) in [6.45, 7) is 2.30. The highest BCUT2D eigenvalue weighted by molar-refractivity contribution is 5.96. The van der Waals surface area contributed by atoms with E-state index in [0.717, 1.165) is 11.6 Å². The standard InChI is InChI=1S/C29H31FN6O5/c1-3-41-28(38)18-6-11-21(12-7-18)36-26-24(25(31)33-16-34-26)35(29(36)39)20-9-4-17(5-10-20)15-32-27(37)22-14-19(30)8-13-23(22)40-2/h4-5,8-10,13-14,16,18,21H,3,6-7,11-12,15H2,1-2H3,(H,32,37)(H2,31,33,34). The van der Waals surface area contributed by atoms with Crippen molar-refractivity contribution in [2.45, 2.75) is 45.2 Å². The number of nitrogens with zero attached hydrogens (tertiary/aromatic N) is 4. The van der Waals surface area contributed by atoms with Gasteiger partial charge in [0.2, 0.25) is 0 Å². The number of aromatic nitrogens is 4. The molecule has 1 fully saturated rings. The first-order chi connectivity index (χ1) is 19.8. The Hall–Kier alpha value is -4.74. The SMILES string of the molecule is CCOC(=O)C1CCC(n2c(=O)n(-c3ccc(CNC(=O)c4cc(F)ccc4OC)cc3)c3c(N)ncnc32)CC1. The van der Waals surface area contributed by atoms with Gasteiger partial charge in [0.15, 0.2) is 11.5 Å². The number of nitrogens with one attached hydrogen (secondary N) is 1. The number of carbonyl (C=O) groups excluding carboxylic acids is 2. The Bertz CT molecular complexity index is 1640. The molecule has 11 nitrogen and oxygen atoms in total. The molecule has 2 aromatic carbocycles. The molecule has 2 heterocycles. The molecule has 5 rings (SSSR count). The predicted octanol–water partition coefficient (Wildman–Crippen LogP) is 3.54. The van der Waals surface area contributed by atoms with E-state index in [-0.39, 0.29) is 47.3 Å². The summed E-state index contributed by atoms with van der Waals surface area (Å²) in [4.78, 5) is 47.2. The number of nitrogens with two attached hydrogens (primary N) is 1. The summed E-state index contributed by atoms with van der Waals surface area (Å²) in [5.74, 6) is -0.952. The number of ether oxygens (including phenoxy) is 2. The number of fused-ring (bicyclic) bond motifs is 1. The van der Waals surface area contributed by atoms with Gasteiger partial charge in [0.05, 0.1) is 30.9 Å². The molecule has 1 amide bonds. The summed E-state index contributed by atoms with van der Waals surface area (Å²) in [6, 6.07) is 10.6. The highest BCUT2D eigenvalue weighted by Crippen LogP contribution is 2.34. The number of anilines is 1. The Balaban J connectivity index is 1.38. The lowest BCUT2D eigenvalue weighted by atomic mass is 9.86. The largest absolute Gasteiger partial charge is 0.496 e. The Morgan fingerprint density at radius 1 is 1.10 bits per heavy atom. The van der Waals surface area contributed by atoms with Crippen LogP contribution in [0.5, 0.6) is 5.75 Å². The third-order valence-electron chi connectivity index (χ3n) is 7.42. The van der Waals surface area contributed by atoms with Crippen LogP contribution >= 0.6 is 0 Å². The lowest BCUT2D eigenvalue weighted by molar-refractivity contribution is -0.149. The summed E-state index contributed by atoms with van der Waals surface area (Å²) >= 11 is 0. The highest BCUT2D eigenvalue weighted by atomic mass is 19.1. The van der Waals surface area contributed by atoms with Crippen molar-refractivity contribution < 1.29 is 23.5 Å². The van der Waals surface area contributed by atoms with E-state index in [0.29, 0.717) is 49.1 Å². The highest BCUT2D eigenvalue weighted by Gasteiger charge is 2.31. The van der Waals surface area contributed by atoms with E-state index in [9.17, 15) is 18.8 Å². The van der Waals surface area contributed by atoms with Gasteiger partial charge in [-0.15, -0.1) is 0 Å². The number of amides is 1. The number of carbonyl (C=O) groups is 2. The molecule has 2 aromatic heterocycles. The van der Waals surface area contributed by atoms with Gasteiger partial charge < -0.3 is 20.5 Å². The van der Waals surface area contributed by atoms with E-state index in [1.54, 1.807) is 35.8 Å². The Kier molecular flexibility index (Phi) is 7.99. The third kappa shape index (κ3) is 5.49. The fourth-order valence-electron chi connectivity index (χ4n) is 5.36. The molecule has 1 aliphatic carbocycles. The molecule has 4 aromatic rings. The van der Waals surface area contributed by atoms with Crippen LogP contribution in [0.3, 0.4) is 0 Å². The first-order valence-electron chi connectivity index (χ1n) is 13.4. The first kappa shape index (κ1) is 27.8. The molecule has 0 spiro atoms. The van der Waals surface area contributed by atoms with Crippen LogP contribution in [-0.2, 0) is 16.1 Å².